The average molecular weight is 589 g/mol. The van der Waals surface area contributed by atoms with E-state index in [2.05, 4.69) is 46.1 Å². The number of carboxylic acid groups (broad SMARTS) is 7. The summed E-state index contributed by atoms with van der Waals surface area (Å²) in [6.07, 6.45) is 0.833. The first-order chi connectivity index (χ1) is 18.1. The van der Waals surface area contributed by atoms with Crippen molar-refractivity contribution in [3.8, 4) is 0 Å². The van der Waals surface area contributed by atoms with Crippen molar-refractivity contribution < 1.29 is 69.3 Å². The van der Waals surface area contributed by atoms with Crippen LogP contribution >= 0.6 is 0 Å². The Morgan fingerprint density at radius 1 is 0.366 bits per heavy atom. The van der Waals surface area contributed by atoms with Crippen LogP contribution in [0, 0.1) is 0 Å². The van der Waals surface area contributed by atoms with Crippen molar-refractivity contribution in [1.29, 1.82) is 0 Å². The fraction of sp³-hybridized carbons (Fsp3) is 0.222. The van der Waals surface area contributed by atoms with E-state index in [1.807, 2.05) is 0 Å². The molecule has 232 valence electrons. The molecule has 0 aliphatic rings. The Labute approximate surface area is 238 Å². The summed E-state index contributed by atoms with van der Waals surface area (Å²) in [4.78, 5) is 66.8. The molecule has 0 bridgehead atoms. The molecule has 7 N–H and O–H groups in total. The minimum absolute atomic E-state index is 0.176. The largest absolute Gasteiger partial charge is 0.478 e. The van der Waals surface area contributed by atoms with Gasteiger partial charge < -0.3 is 35.7 Å². The molecule has 41 heavy (non-hydrogen) atoms. The lowest BCUT2D eigenvalue weighted by molar-refractivity contribution is -0.133. The topological polar surface area (TPSA) is 261 Å². The molecule has 0 aliphatic heterocycles. The van der Waals surface area contributed by atoms with Gasteiger partial charge >= 0.3 is 41.8 Å². The fourth-order valence-electron chi connectivity index (χ4n) is 0. The van der Waals surface area contributed by atoms with E-state index in [9.17, 15) is 33.6 Å². The van der Waals surface area contributed by atoms with Crippen LogP contribution in [0.25, 0.3) is 0 Å². The Balaban J connectivity index is -0.0000000658. The van der Waals surface area contributed by atoms with Gasteiger partial charge in [-0.25, -0.2) is 33.6 Å². The quantitative estimate of drug-likeness (QED) is 0.206. The summed E-state index contributed by atoms with van der Waals surface area (Å²) in [5.41, 5.74) is 1.06. The van der Waals surface area contributed by atoms with Crippen molar-refractivity contribution in [2.75, 3.05) is 0 Å². The molecule has 0 radical (unpaired) electrons. The van der Waals surface area contributed by atoms with Gasteiger partial charge in [0.15, 0.2) is 0 Å². The summed E-state index contributed by atoms with van der Waals surface area (Å²) in [6, 6.07) is 0. The van der Waals surface area contributed by atoms with Crippen molar-refractivity contribution >= 4 is 41.8 Å². The van der Waals surface area contributed by atoms with Gasteiger partial charge in [-0.1, -0.05) is 46.1 Å². The van der Waals surface area contributed by atoms with Crippen LogP contribution in [-0.4, -0.2) is 77.5 Å². The second kappa shape index (κ2) is 32.5. The monoisotopic (exact) mass is 588 g/mol. The minimum atomic E-state index is -0.981. The molecule has 14 nitrogen and oxygen atoms in total. The Morgan fingerprint density at radius 3 is 0.415 bits per heavy atom. The molecule has 0 unspecified atom stereocenters. The van der Waals surface area contributed by atoms with Gasteiger partial charge in [-0.05, 0) is 41.5 Å². The van der Waals surface area contributed by atoms with E-state index in [1.165, 1.54) is 41.5 Å². The SMILES string of the molecule is C=C(C)C(=O)O.C=C(C)C(=O)O.C=C(C)C(=O)O.C=C(C)C(=O)O.C=C(C)C(=O)O.C=C(C)C(=O)O.C=CC(=O)O. The van der Waals surface area contributed by atoms with Crippen LogP contribution in [-0.2, 0) is 33.6 Å². The zero-order chi connectivity index (χ0) is 35.2. The van der Waals surface area contributed by atoms with Crippen LogP contribution in [0.2, 0.25) is 0 Å². The minimum Gasteiger partial charge on any atom is -0.478 e. The molecular weight excluding hydrogens is 548 g/mol. The highest BCUT2D eigenvalue weighted by atomic mass is 16.4. The van der Waals surface area contributed by atoms with E-state index in [1.54, 1.807) is 0 Å². The highest BCUT2D eigenvalue weighted by molar-refractivity contribution is 5.86. The molecule has 0 aromatic heterocycles. The van der Waals surface area contributed by atoms with Crippen LogP contribution in [0.4, 0.5) is 0 Å². The van der Waals surface area contributed by atoms with Gasteiger partial charge in [0.1, 0.15) is 0 Å². The molecule has 14 heteroatoms. The van der Waals surface area contributed by atoms with Crippen LogP contribution in [0.1, 0.15) is 41.5 Å². The third kappa shape index (κ3) is 86.7. The lowest BCUT2D eigenvalue weighted by Gasteiger charge is -1.79. The Bertz CT molecular complexity index is 753. The molecule has 0 fully saturated rings. The first-order valence-corrected chi connectivity index (χ1v) is 10.3. The maximum Gasteiger partial charge on any atom is 0.330 e. The molecule has 0 aliphatic carbocycles. The van der Waals surface area contributed by atoms with Crippen LogP contribution in [0.15, 0.2) is 85.6 Å². The molecule has 0 saturated heterocycles. The normalized spacial score (nSPS) is 7.37. The first kappa shape index (κ1) is 52.0. The highest BCUT2D eigenvalue weighted by Gasteiger charge is 1.92. The first-order valence-electron chi connectivity index (χ1n) is 10.3. The molecule has 0 spiro atoms. The summed E-state index contributed by atoms with van der Waals surface area (Å²) in [5.74, 6) is -6.59. The molecule has 0 aromatic rings. The van der Waals surface area contributed by atoms with E-state index in [-0.39, 0.29) is 33.4 Å². The molecule has 0 heterocycles. The molecule has 0 saturated carbocycles. The second-order valence-electron chi connectivity index (χ2n) is 7.06. The van der Waals surface area contributed by atoms with Crippen molar-refractivity contribution in [3.05, 3.63) is 85.6 Å². The summed E-state index contributed by atoms with van der Waals surface area (Å²) >= 11 is 0. The predicted octanol–water partition coefficient (Wildman–Crippen LogP) is 4.14. The zero-order valence-corrected chi connectivity index (χ0v) is 24.0. The van der Waals surface area contributed by atoms with Gasteiger partial charge in [0, 0.05) is 39.5 Å². The number of hydrogen-bond acceptors (Lipinski definition) is 7. The number of carboxylic acids is 7. The fourth-order valence-corrected chi connectivity index (χ4v) is 0. The summed E-state index contributed by atoms with van der Waals surface area (Å²) in [5, 5.41) is 55.0. The average Bonchev–Trinajstić information content (AvgIpc) is 2.80. The van der Waals surface area contributed by atoms with Crippen molar-refractivity contribution in [1.82, 2.24) is 0 Å². The molecular formula is C27H40O14. The Morgan fingerprint density at radius 2 is 0.415 bits per heavy atom. The summed E-state index contributed by atoms with van der Waals surface area (Å²) in [7, 11) is 0. The van der Waals surface area contributed by atoms with Gasteiger partial charge in [-0.3, -0.25) is 0 Å². The molecule has 0 atom stereocenters. The smallest absolute Gasteiger partial charge is 0.330 e. The summed E-state index contributed by atoms with van der Waals surface area (Å²) in [6.45, 7) is 30.6. The molecule has 0 rings (SSSR count). The second-order valence-corrected chi connectivity index (χ2v) is 7.06. The molecule has 0 amide bonds. The van der Waals surface area contributed by atoms with Crippen molar-refractivity contribution in [2.24, 2.45) is 0 Å². The van der Waals surface area contributed by atoms with E-state index in [4.69, 9.17) is 35.7 Å². The Kier molecular flexibility index (Phi) is 41.2. The van der Waals surface area contributed by atoms with Gasteiger partial charge in [0.25, 0.3) is 0 Å². The number of rotatable bonds is 7. The standard InChI is InChI=1S/6C4H6O2.C3H4O2/c6*1-3(2)4(5)6;1-2-3(4)5/h6*1H2,2H3,(H,5,6);2H,1H2,(H,4,5). The van der Waals surface area contributed by atoms with Crippen LogP contribution in [0.3, 0.4) is 0 Å². The van der Waals surface area contributed by atoms with Crippen molar-refractivity contribution in [2.45, 2.75) is 41.5 Å². The zero-order valence-electron chi connectivity index (χ0n) is 24.0. The third-order valence-corrected chi connectivity index (χ3v) is 2.37. The lowest BCUT2D eigenvalue weighted by atomic mass is 10.4. The van der Waals surface area contributed by atoms with E-state index in [0.717, 1.165) is 6.08 Å². The van der Waals surface area contributed by atoms with Crippen LogP contribution < -0.4 is 0 Å². The number of carbonyl (C=O) groups is 7. The number of aliphatic carboxylic acids is 7. The van der Waals surface area contributed by atoms with Gasteiger partial charge in [-0.15, -0.1) is 0 Å². The maximum absolute atomic E-state index is 9.60. The van der Waals surface area contributed by atoms with Crippen LogP contribution in [0.5, 0.6) is 0 Å². The van der Waals surface area contributed by atoms with E-state index >= 15 is 0 Å². The van der Waals surface area contributed by atoms with E-state index < -0.39 is 41.8 Å². The third-order valence-electron chi connectivity index (χ3n) is 2.37. The maximum atomic E-state index is 9.60. The van der Waals surface area contributed by atoms with Gasteiger partial charge in [-0.2, -0.15) is 0 Å². The van der Waals surface area contributed by atoms with Gasteiger partial charge in [0.05, 0.1) is 0 Å². The van der Waals surface area contributed by atoms with E-state index in [0.29, 0.717) is 0 Å². The summed E-state index contributed by atoms with van der Waals surface area (Å²) < 4.78 is 0. The number of hydrogen-bond donors (Lipinski definition) is 7. The predicted molar refractivity (Wildman–Crippen MR) is 153 cm³/mol. The molecule has 0 aromatic carbocycles. The van der Waals surface area contributed by atoms with Crippen molar-refractivity contribution in [3.63, 3.8) is 0 Å². The van der Waals surface area contributed by atoms with Gasteiger partial charge in [0.2, 0.25) is 0 Å². The Hall–Kier alpha value is -5.53. The highest BCUT2D eigenvalue weighted by Crippen LogP contribution is 1.83. The lowest BCUT2D eigenvalue weighted by Crippen LogP contribution is -1.92.